The molecule has 2 aliphatic heterocycles. The fraction of sp³-hybridized carbons (Fsp3) is 1.00. The molecule has 0 bridgehead atoms. The van der Waals surface area contributed by atoms with Gasteiger partial charge in [0, 0.05) is 13.2 Å². The Bertz CT molecular complexity index is 123. The van der Waals surface area contributed by atoms with E-state index >= 15 is 0 Å². The second kappa shape index (κ2) is 2.21. The highest BCUT2D eigenvalue weighted by atomic mass is 16.6. The highest BCUT2D eigenvalue weighted by Gasteiger charge is 2.41. The maximum absolute atomic E-state index is 5.30. The molecule has 2 heteroatoms. The quantitative estimate of drug-likeness (QED) is 0.540. The van der Waals surface area contributed by atoms with Crippen molar-refractivity contribution in [3.05, 3.63) is 0 Å². The third-order valence-electron chi connectivity index (χ3n) is 2.38. The summed E-state index contributed by atoms with van der Waals surface area (Å²) in [5, 5.41) is 0. The predicted octanol–water partition coefficient (Wildman–Crippen LogP) is 1.20. The highest BCUT2D eigenvalue weighted by molar-refractivity contribution is 4.89. The molecule has 2 rings (SSSR count). The predicted molar refractivity (Wildman–Crippen MR) is 37.9 cm³/mol. The van der Waals surface area contributed by atoms with Crippen LogP contribution >= 0.6 is 0 Å². The summed E-state index contributed by atoms with van der Waals surface area (Å²) in [6.07, 6.45) is 2.44. The molecule has 0 saturated carbocycles. The first kappa shape index (κ1) is 6.62. The van der Waals surface area contributed by atoms with Crippen molar-refractivity contribution in [2.45, 2.75) is 25.4 Å². The normalized spacial score (nSPS) is 45.9. The van der Waals surface area contributed by atoms with Crippen LogP contribution in [0.2, 0.25) is 0 Å². The third-order valence-corrected chi connectivity index (χ3v) is 2.38. The Morgan fingerprint density at radius 3 is 2.90 bits per heavy atom. The second-order valence-electron chi connectivity index (χ2n) is 3.67. The first-order valence-electron chi connectivity index (χ1n) is 4.00. The summed E-state index contributed by atoms with van der Waals surface area (Å²) in [6.45, 7) is 5.06. The van der Waals surface area contributed by atoms with E-state index in [0.29, 0.717) is 0 Å². The van der Waals surface area contributed by atoms with Gasteiger partial charge in [0.2, 0.25) is 0 Å². The Hall–Kier alpha value is -0.0800. The molecule has 0 aromatic rings. The zero-order valence-electron chi connectivity index (χ0n) is 6.43. The van der Waals surface area contributed by atoms with Gasteiger partial charge in [0.15, 0.2) is 0 Å². The maximum Gasteiger partial charge on any atom is 0.0892 e. The third kappa shape index (κ3) is 1.32. The summed E-state index contributed by atoms with van der Waals surface area (Å²) in [4.78, 5) is 0. The molecule has 2 atom stereocenters. The summed E-state index contributed by atoms with van der Waals surface area (Å²) < 4.78 is 10.6. The van der Waals surface area contributed by atoms with Crippen molar-refractivity contribution < 1.29 is 9.47 Å². The molecule has 2 unspecified atom stereocenters. The molecule has 2 saturated heterocycles. The molecule has 2 nitrogen and oxygen atoms in total. The standard InChI is InChI=1S/C8H14O2/c1-8(6-10-8)4-7-2-3-9-5-7/h7H,2-6H2,1H3. The van der Waals surface area contributed by atoms with Crippen LogP contribution < -0.4 is 0 Å². The minimum atomic E-state index is 0.234. The van der Waals surface area contributed by atoms with E-state index in [1.807, 2.05) is 0 Å². The van der Waals surface area contributed by atoms with E-state index in [1.54, 1.807) is 0 Å². The largest absolute Gasteiger partial charge is 0.381 e. The van der Waals surface area contributed by atoms with Gasteiger partial charge < -0.3 is 9.47 Å². The van der Waals surface area contributed by atoms with Gasteiger partial charge in [0.05, 0.1) is 12.2 Å². The first-order chi connectivity index (χ1) is 4.79. The number of hydrogen-bond donors (Lipinski definition) is 0. The Balaban J connectivity index is 1.78. The van der Waals surface area contributed by atoms with Gasteiger partial charge in [-0.1, -0.05) is 0 Å². The van der Waals surface area contributed by atoms with Gasteiger partial charge in [-0.3, -0.25) is 0 Å². The lowest BCUT2D eigenvalue weighted by Crippen LogP contribution is -2.12. The van der Waals surface area contributed by atoms with Crippen molar-refractivity contribution in [3.8, 4) is 0 Å². The average molecular weight is 142 g/mol. The minimum Gasteiger partial charge on any atom is -0.381 e. The van der Waals surface area contributed by atoms with E-state index in [-0.39, 0.29) is 5.60 Å². The van der Waals surface area contributed by atoms with Gasteiger partial charge in [-0.15, -0.1) is 0 Å². The SMILES string of the molecule is CC1(CC2CCOC2)CO1. The second-order valence-corrected chi connectivity index (χ2v) is 3.67. The van der Waals surface area contributed by atoms with Crippen LogP contribution in [0.5, 0.6) is 0 Å². The van der Waals surface area contributed by atoms with Crippen molar-refractivity contribution in [2.24, 2.45) is 5.92 Å². The number of rotatable bonds is 2. The maximum atomic E-state index is 5.30. The minimum absolute atomic E-state index is 0.234. The van der Waals surface area contributed by atoms with Crippen molar-refractivity contribution in [2.75, 3.05) is 19.8 Å². The van der Waals surface area contributed by atoms with E-state index in [9.17, 15) is 0 Å². The van der Waals surface area contributed by atoms with Gasteiger partial charge in [-0.2, -0.15) is 0 Å². The molecule has 0 N–H and O–H groups in total. The van der Waals surface area contributed by atoms with Crippen LogP contribution in [0.1, 0.15) is 19.8 Å². The molecular formula is C8H14O2. The van der Waals surface area contributed by atoms with E-state index in [1.165, 1.54) is 12.8 Å². The first-order valence-corrected chi connectivity index (χ1v) is 4.00. The fourth-order valence-electron chi connectivity index (χ4n) is 1.60. The zero-order chi connectivity index (χ0) is 7.03. The Kier molecular flexibility index (Phi) is 1.46. The van der Waals surface area contributed by atoms with Crippen LogP contribution in [0.3, 0.4) is 0 Å². The Morgan fingerprint density at radius 2 is 2.40 bits per heavy atom. The number of ether oxygens (including phenoxy) is 2. The number of hydrogen-bond acceptors (Lipinski definition) is 2. The highest BCUT2D eigenvalue weighted by Crippen LogP contribution is 2.35. The lowest BCUT2D eigenvalue weighted by Gasteiger charge is -2.09. The van der Waals surface area contributed by atoms with Crippen molar-refractivity contribution in [1.82, 2.24) is 0 Å². The molecule has 2 aliphatic rings. The van der Waals surface area contributed by atoms with Gasteiger partial charge in [0.1, 0.15) is 0 Å². The van der Waals surface area contributed by atoms with Crippen molar-refractivity contribution >= 4 is 0 Å². The van der Waals surface area contributed by atoms with E-state index < -0.39 is 0 Å². The van der Waals surface area contributed by atoms with Crippen LogP contribution in [0.15, 0.2) is 0 Å². The van der Waals surface area contributed by atoms with Crippen LogP contribution in [0.4, 0.5) is 0 Å². The monoisotopic (exact) mass is 142 g/mol. The molecule has 0 amide bonds. The molecule has 2 heterocycles. The average Bonchev–Trinajstić information content (AvgIpc) is 2.47. The van der Waals surface area contributed by atoms with Crippen LogP contribution in [0.25, 0.3) is 0 Å². The van der Waals surface area contributed by atoms with E-state index in [2.05, 4.69) is 6.92 Å². The summed E-state index contributed by atoms with van der Waals surface area (Å²) in [5.74, 6) is 0.771. The van der Waals surface area contributed by atoms with Gasteiger partial charge >= 0.3 is 0 Å². The van der Waals surface area contributed by atoms with Gasteiger partial charge in [-0.05, 0) is 25.7 Å². The molecule has 0 spiro atoms. The summed E-state index contributed by atoms with van der Waals surface area (Å²) in [6, 6.07) is 0. The topological polar surface area (TPSA) is 21.8 Å². The summed E-state index contributed by atoms with van der Waals surface area (Å²) in [5.41, 5.74) is 0.234. The van der Waals surface area contributed by atoms with Crippen LogP contribution in [-0.2, 0) is 9.47 Å². The molecule has 58 valence electrons. The molecule has 0 aliphatic carbocycles. The lowest BCUT2D eigenvalue weighted by molar-refractivity contribution is 0.175. The zero-order valence-corrected chi connectivity index (χ0v) is 6.43. The van der Waals surface area contributed by atoms with Crippen molar-refractivity contribution in [1.29, 1.82) is 0 Å². The molecule has 2 fully saturated rings. The van der Waals surface area contributed by atoms with Crippen molar-refractivity contribution in [3.63, 3.8) is 0 Å². The Labute approximate surface area is 61.5 Å². The summed E-state index contributed by atoms with van der Waals surface area (Å²) in [7, 11) is 0. The molecule has 0 radical (unpaired) electrons. The molecule has 10 heavy (non-hydrogen) atoms. The molecular weight excluding hydrogens is 128 g/mol. The van der Waals surface area contributed by atoms with Crippen LogP contribution in [0, 0.1) is 5.92 Å². The molecule has 0 aromatic carbocycles. The van der Waals surface area contributed by atoms with Crippen LogP contribution in [-0.4, -0.2) is 25.4 Å². The molecule has 0 aromatic heterocycles. The van der Waals surface area contributed by atoms with E-state index in [0.717, 1.165) is 25.7 Å². The number of epoxide rings is 1. The van der Waals surface area contributed by atoms with E-state index in [4.69, 9.17) is 9.47 Å². The van der Waals surface area contributed by atoms with Gasteiger partial charge in [-0.25, -0.2) is 0 Å². The van der Waals surface area contributed by atoms with Gasteiger partial charge in [0.25, 0.3) is 0 Å². The smallest absolute Gasteiger partial charge is 0.0892 e. The lowest BCUT2D eigenvalue weighted by atomic mass is 9.96. The summed E-state index contributed by atoms with van der Waals surface area (Å²) >= 11 is 0. The Morgan fingerprint density at radius 1 is 1.60 bits per heavy atom. The fourth-order valence-corrected chi connectivity index (χ4v) is 1.60.